The summed E-state index contributed by atoms with van der Waals surface area (Å²) in [5.41, 5.74) is 7.17. The van der Waals surface area contributed by atoms with Gasteiger partial charge in [-0.15, -0.1) is 0 Å². The van der Waals surface area contributed by atoms with Gasteiger partial charge in [-0.25, -0.2) is 9.98 Å². The first-order valence-corrected chi connectivity index (χ1v) is 17.8. The summed E-state index contributed by atoms with van der Waals surface area (Å²) in [6, 6.07) is 16.3. The van der Waals surface area contributed by atoms with Crippen molar-refractivity contribution < 1.29 is 0 Å². The third-order valence-corrected chi connectivity index (χ3v) is 8.99. The van der Waals surface area contributed by atoms with Crippen LogP contribution in [0.1, 0.15) is 111 Å². The van der Waals surface area contributed by atoms with Crippen LogP contribution in [0.5, 0.6) is 0 Å². The smallest absolute Gasteiger partial charge is 0.115 e. The Bertz CT molecular complexity index is 1430. The summed E-state index contributed by atoms with van der Waals surface area (Å²) in [6.45, 7) is 36.5. The predicted molar refractivity (Wildman–Crippen MR) is 203 cm³/mol. The van der Waals surface area contributed by atoms with Crippen LogP contribution >= 0.6 is 0 Å². The number of fused-ring (bicyclic) bond motifs is 1. The Morgan fingerprint density at radius 1 is 0.348 bits per heavy atom. The number of hydrogen-bond acceptors (Lipinski definition) is 6. The van der Waals surface area contributed by atoms with Gasteiger partial charge < -0.3 is 19.6 Å². The highest BCUT2D eigenvalue weighted by Gasteiger charge is 2.36. The van der Waals surface area contributed by atoms with Crippen LogP contribution in [0.25, 0.3) is 10.8 Å². The number of benzene rings is 2. The van der Waals surface area contributed by atoms with Crippen LogP contribution in [0.4, 0.5) is 34.1 Å². The average Bonchev–Trinajstić information content (AvgIpc) is 3.78. The van der Waals surface area contributed by atoms with Gasteiger partial charge in [0, 0.05) is 48.3 Å². The third kappa shape index (κ3) is 7.16. The fourth-order valence-corrected chi connectivity index (χ4v) is 7.58. The zero-order valence-electron chi connectivity index (χ0n) is 31.8. The van der Waals surface area contributed by atoms with E-state index in [1.54, 1.807) is 0 Å². The van der Waals surface area contributed by atoms with Gasteiger partial charge in [0.1, 0.15) is 10.7 Å². The first-order chi connectivity index (χ1) is 21.5. The van der Waals surface area contributed by atoms with Gasteiger partial charge in [-0.05, 0) is 146 Å². The molecule has 6 heteroatoms. The molecule has 0 heterocycles. The highest BCUT2D eigenvalue weighted by atomic mass is 15.3. The number of anilines is 4. The van der Waals surface area contributed by atoms with E-state index in [2.05, 4.69) is 167 Å². The Morgan fingerprint density at radius 2 is 0.587 bits per heavy atom. The second-order valence-corrected chi connectivity index (χ2v) is 15.4. The number of nitrogens with zero attached hydrogens (tertiary/aromatic N) is 6. The minimum atomic E-state index is 0.396. The normalized spacial score (nSPS) is 12.6. The molecular formula is C40H62N6. The maximum atomic E-state index is 5.31. The summed E-state index contributed by atoms with van der Waals surface area (Å²) in [7, 11) is 0. The minimum absolute atomic E-state index is 0.396. The van der Waals surface area contributed by atoms with E-state index in [0.717, 1.165) is 22.1 Å². The molecule has 0 aliphatic rings. The van der Waals surface area contributed by atoms with Gasteiger partial charge in [-0.2, -0.15) is 0 Å². The Morgan fingerprint density at radius 3 is 0.804 bits per heavy atom. The second-order valence-electron chi connectivity index (χ2n) is 15.4. The Balaban J connectivity index is 1.83. The molecule has 0 spiro atoms. The number of hydrogen-bond donors (Lipinski definition) is 0. The van der Waals surface area contributed by atoms with Gasteiger partial charge >= 0.3 is 0 Å². The molecule has 0 atom stereocenters. The SMILES string of the molecule is CC(C)N(c1c(N(C(C)C)C(C)C)c1=Nc1ccc2ccc(N=c3c(N(C(C)C)C(C)C)c3N(C(C)C)C(C)C)cc2c1)C(C)C. The molecule has 4 aromatic carbocycles. The quantitative estimate of drug-likeness (QED) is 0.140. The largest absolute Gasteiger partial charge is 0.363 e. The van der Waals surface area contributed by atoms with Crippen molar-refractivity contribution in [2.75, 3.05) is 19.6 Å². The molecule has 0 aliphatic carbocycles. The van der Waals surface area contributed by atoms with Crippen LogP contribution < -0.4 is 30.3 Å². The summed E-state index contributed by atoms with van der Waals surface area (Å²) in [5, 5.41) is 4.62. The Labute approximate surface area is 280 Å². The fraction of sp³-hybridized carbons (Fsp3) is 0.600. The molecule has 0 N–H and O–H groups in total. The molecular weight excluding hydrogens is 564 g/mol. The maximum Gasteiger partial charge on any atom is 0.115 e. The monoisotopic (exact) mass is 627 g/mol. The van der Waals surface area contributed by atoms with Crippen LogP contribution in [0.2, 0.25) is 0 Å². The molecule has 0 radical (unpaired) electrons. The lowest BCUT2D eigenvalue weighted by atomic mass is 10.1. The molecule has 4 rings (SSSR count). The molecule has 0 saturated heterocycles. The van der Waals surface area contributed by atoms with Gasteiger partial charge in [0.25, 0.3) is 0 Å². The van der Waals surface area contributed by atoms with Crippen molar-refractivity contribution in [3.8, 4) is 0 Å². The zero-order chi connectivity index (χ0) is 34.4. The number of rotatable bonds is 14. The molecule has 252 valence electrons. The van der Waals surface area contributed by atoms with Gasteiger partial charge in [-0.1, -0.05) is 12.1 Å². The Kier molecular flexibility index (Phi) is 10.7. The van der Waals surface area contributed by atoms with Gasteiger partial charge in [-0.3, -0.25) is 0 Å². The van der Waals surface area contributed by atoms with Crippen molar-refractivity contribution in [2.45, 2.75) is 159 Å². The molecule has 0 aliphatic heterocycles. The van der Waals surface area contributed by atoms with Crippen molar-refractivity contribution in [3.05, 3.63) is 47.1 Å². The van der Waals surface area contributed by atoms with Crippen molar-refractivity contribution in [1.29, 1.82) is 0 Å². The van der Waals surface area contributed by atoms with Crippen LogP contribution in [0, 0.1) is 0 Å². The minimum Gasteiger partial charge on any atom is -0.363 e. The molecule has 4 aromatic rings. The first kappa shape index (κ1) is 35.6. The summed E-state index contributed by atoms with van der Waals surface area (Å²) in [4.78, 5) is 20.7. The van der Waals surface area contributed by atoms with E-state index in [1.165, 1.54) is 33.5 Å². The maximum absolute atomic E-state index is 5.31. The Hall–Kier alpha value is -3.28. The molecule has 46 heavy (non-hydrogen) atoms. The second kappa shape index (κ2) is 13.8. The van der Waals surface area contributed by atoms with Crippen LogP contribution in [0.3, 0.4) is 0 Å². The highest BCUT2D eigenvalue weighted by Crippen LogP contribution is 2.40. The van der Waals surface area contributed by atoms with Crippen molar-refractivity contribution in [2.24, 2.45) is 9.98 Å². The molecule has 0 fully saturated rings. The highest BCUT2D eigenvalue weighted by molar-refractivity contribution is 5.90. The van der Waals surface area contributed by atoms with E-state index < -0.39 is 0 Å². The van der Waals surface area contributed by atoms with E-state index in [-0.39, 0.29) is 0 Å². The molecule has 0 bridgehead atoms. The fourth-order valence-electron chi connectivity index (χ4n) is 7.58. The van der Waals surface area contributed by atoms with E-state index >= 15 is 0 Å². The molecule has 0 unspecified atom stereocenters. The summed E-state index contributed by atoms with van der Waals surface area (Å²) in [5.74, 6) is 0. The van der Waals surface area contributed by atoms with Crippen molar-refractivity contribution in [3.63, 3.8) is 0 Å². The van der Waals surface area contributed by atoms with Crippen molar-refractivity contribution >= 4 is 44.9 Å². The van der Waals surface area contributed by atoms with Crippen LogP contribution in [0.15, 0.2) is 46.4 Å². The standard InChI is InChI=1S/C40H62N6/c1-23(2)43(24(3)4)37-35(38(37)44(25(5)6)26(7)8)41-33-19-17-31-18-20-34(22-32(31)21-33)42-36-39(45(27(9)10)28(11)12)40(36)46(29(13)14)30(15)16/h17-30H,1-16H3. The van der Waals surface area contributed by atoms with E-state index in [1.807, 2.05) is 0 Å². The lowest BCUT2D eigenvalue weighted by molar-refractivity contribution is 0.598. The lowest BCUT2D eigenvalue weighted by Gasteiger charge is -2.33. The average molecular weight is 627 g/mol. The van der Waals surface area contributed by atoms with E-state index in [9.17, 15) is 0 Å². The molecule has 6 nitrogen and oxygen atoms in total. The molecule has 0 saturated carbocycles. The lowest BCUT2D eigenvalue weighted by Crippen LogP contribution is -2.38. The van der Waals surface area contributed by atoms with Crippen molar-refractivity contribution in [1.82, 2.24) is 0 Å². The van der Waals surface area contributed by atoms with Gasteiger partial charge in [0.15, 0.2) is 0 Å². The van der Waals surface area contributed by atoms with Crippen LogP contribution in [-0.2, 0) is 0 Å². The molecule has 0 amide bonds. The summed E-state index contributed by atoms with van der Waals surface area (Å²) < 4.78 is 0. The molecule has 0 aromatic heterocycles. The van der Waals surface area contributed by atoms with E-state index in [0.29, 0.717) is 48.3 Å². The van der Waals surface area contributed by atoms with E-state index in [4.69, 9.17) is 9.98 Å². The topological polar surface area (TPSA) is 37.7 Å². The predicted octanol–water partition coefficient (Wildman–Crippen LogP) is 9.55. The third-order valence-electron chi connectivity index (χ3n) is 8.99. The zero-order valence-corrected chi connectivity index (χ0v) is 31.8. The van der Waals surface area contributed by atoms with Crippen LogP contribution in [-0.4, -0.2) is 48.3 Å². The van der Waals surface area contributed by atoms with Gasteiger partial charge in [0.2, 0.25) is 0 Å². The summed E-state index contributed by atoms with van der Waals surface area (Å²) >= 11 is 0. The van der Waals surface area contributed by atoms with Gasteiger partial charge in [0.05, 0.1) is 34.1 Å². The first-order valence-electron chi connectivity index (χ1n) is 17.8. The summed E-state index contributed by atoms with van der Waals surface area (Å²) in [6.07, 6.45) is 0.